The first-order valence-corrected chi connectivity index (χ1v) is 11.3. The van der Waals surface area contributed by atoms with Gasteiger partial charge in [0.1, 0.15) is 11.5 Å². The lowest BCUT2D eigenvalue weighted by Crippen LogP contribution is -2.63. The normalized spacial score (nSPS) is 17.1. The lowest BCUT2D eigenvalue weighted by molar-refractivity contribution is -0.137. The highest BCUT2D eigenvalue weighted by Crippen LogP contribution is 2.32. The molecule has 2 aliphatic heterocycles. The molecule has 2 aromatic rings. The molecule has 0 spiro atoms. The number of hydrogen-bond donors (Lipinski definition) is 3. The highest BCUT2D eigenvalue weighted by Gasteiger charge is 2.45. The number of aryl methyl sites for hydroxylation is 2. The molecule has 1 fully saturated rings. The van der Waals surface area contributed by atoms with Crippen LogP contribution in [-0.2, 0) is 17.6 Å². The second-order valence-electron chi connectivity index (χ2n) is 8.84. The van der Waals surface area contributed by atoms with Crippen LogP contribution in [0.25, 0.3) is 0 Å². The van der Waals surface area contributed by atoms with E-state index in [1.807, 2.05) is 12.1 Å². The van der Waals surface area contributed by atoms with Crippen LogP contribution in [0, 0.1) is 5.82 Å². The van der Waals surface area contributed by atoms with E-state index in [9.17, 15) is 19.1 Å². The number of rotatable bonds is 8. The number of alkyl halides is 1. The number of carboxylic acids is 1. The van der Waals surface area contributed by atoms with Crippen molar-refractivity contribution in [2.75, 3.05) is 32.1 Å². The number of aliphatic carboxylic acids is 1. The van der Waals surface area contributed by atoms with Crippen molar-refractivity contribution in [2.45, 2.75) is 43.8 Å². The number of nitrogens with zero attached hydrogens (tertiary/aromatic N) is 2. The molecule has 4 rings (SSSR count). The van der Waals surface area contributed by atoms with Crippen molar-refractivity contribution in [1.82, 2.24) is 15.2 Å². The Morgan fingerprint density at radius 2 is 2.12 bits per heavy atom. The molecular weight excluding hydrogens is 446 g/mol. The number of methoxy groups -OCH3 is 1. The van der Waals surface area contributed by atoms with Crippen LogP contribution < -0.4 is 15.4 Å². The van der Waals surface area contributed by atoms with Crippen LogP contribution in [-0.4, -0.2) is 59.4 Å². The quantitative estimate of drug-likeness (QED) is 0.541. The van der Waals surface area contributed by atoms with Gasteiger partial charge in [-0.3, -0.25) is 4.79 Å². The van der Waals surface area contributed by atoms with Gasteiger partial charge in [0.05, 0.1) is 32.7 Å². The third kappa shape index (κ3) is 5.37. The van der Waals surface area contributed by atoms with Crippen LogP contribution in [0.3, 0.4) is 0 Å². The summed E-state index contributed by atoms with van der Waals surface area (Å²) in [6.45, 7) is 0.685. The van der Waals surface area contributed by atoms with Crippen molar-refractivity contribution < 1.29 is 28.2 Å². The maximum Gasteiger partial charge on any atom is 0.318 e. The summed E-state index contributed by atoms with van der Waals surface area (Å²) in [6, 6.07) is 6.38. The van der Waals surface area contributed by atoms with Crippen molar-refractivity contribution in [3.05, 3.63) is 53.0 Å². The van der Waals surface area contributed by atoms with E-state index >= 15 is 4.39 Å². The monoisotopic (exact) mass is 474 g/mol. The lowest BCUT2D eigenvalue weighted by atomic mass is 9.90. The Hall–Kier alpha value is -3.43. The SMILES string of the molecule is COc1ccc([C@H](CC(=O)O)NC(=O)N2CC(F)(CCc3ccc4c(n3)NCCC4)C2)cc1F. The maximum atomic E-state index is 15.1. The summed E-state index contributed by atoms with van der Waals surface area (Å²) in [5.41, 5.74) is 0.727. The van der Waals surface area contributed by atoms with Gasteiger partial charge in [0.25, 0.3) is 0 Å². The molecule has 10 heteroatoms. The summed E-state index contributed by atoms with van der Waals surface area (Å²) in [7, 11) is 1.32. The van der Waals surface area contributed by atoms with Crippen LogP contribution in [0.4, 0.5) is 19.4 Å². The summed E-state index contributed by atoms with van der Waals surface area (Å²) in [5.74, 6) is -0.941. The molecule has 3 N–H and O–H groups in total. The molecule has 0 saturated carbocycles. The summed E-state index contributed by atoms with van der Waals surface area (Å²) in [4.78, 5) is 29.8. The largest absolute Gasteiger partial charge is 0.494 e. The van der Waals surface area contributed by atoms with Crippen molar-refractivity contribution in [3.8, 4) is 5.75 Å². The zero-order chi connectivity index (χ0) is 24.3. The number of carbonyl (C=O) groups is 2. The zero-order valence-electron chi connectivity index (χ0n) is 18.9. The first-order chi connectivity index (χ1) is 16.3. The Bertz CT molecular complexity index is 1070. The number of fused-ring (bicyclic) bond motifs is 1. The van der Waals surface area contributed by atoms with Crippen molar-refractivity contribution in [1.29, 1.82) is 0 Å². The average Bonchev–Trinajstić information content (AvgIpc) is 2.80. The Morgan fingerprint density at radius 1 is 1.32 bits per heavy atom. The Labute approximate surface area is 196 Å². The zero-order valence-corrected chi connectivity index (χ0v) is 18.9. The molecule has 34 heavy (non-hydrogen) atoms. The van der Waals surface area contributed by atoms with Crippen molar-refractivity contribution in [2.24, 2.45) is 0 Å². The molecule has 0 unspecified atom stereocenters. The highest BCUT2D eigenvalue weighted by molar-refractivity contribution is 5.77. The van der Waals surface area contributed by atoms with Gasteiger partial charge in [-0.1, -0.05) is 12.1 Å². The minimum absolute atomic E-state index is 0.0123. The second kappa shape index (κ2) is 9.82. The molecule has 2 aliphatic rings. The van der Waals surface area contributed by atoms with Gasteiger partial charge < -0.3 is 25.4 Å². The van der Waals surface area contributed by atoms with Gasteiger partial charge in [-0.05, 0) is 55.0 Å². The first kappa shape index (κ1) is 23.7. The Balaban J connectivity index is 1.33. The molecule has 182 valence electrons. The van der Waals surface area contributed by atoms with Crippen LogP contribution in [0.2, 0.25) is 0 Å². The molecule has 1 aromatic heterocycles. The fourth-order valence-corrected chi connectivity index (χ4v) is 4.37. The molecule has 1 saturated heterocycles. The van der Waals surface area contributed by atoms with E-state index in [1.165, 1.54) is 29.7 Å². The number of nitrogens with one attached hydrogen (secondary N) is 2. The molecule has 0 radical (unpaired) electrons. The van der Waals surface area contributed by atoms with Crippen LogP contribution in [0.1, 0.15) is 42.1 Å². The third-order valence-corrected chi connectivity index (χ3v) is 6.27. The fourth-order valence-electron chi connectivity index (χ4n) is 4.37. The Kier molecular flexibility index (Phi) is 6.85. The van der Waals surface area contributed by atoms with E-state index in [2.05, 4.69) is 15.6 Å². The van der Waals surface area contributed by atoms with Gasteiger partial charge in [0, 0.05) is 12.2 Å². The van der Waals surface area contributed by atoms with Gasteiger partial charge in [-0.25, -0.2) is 18.6 Å². The number of anilines is 1. The maximum absolute atomic E-state index is 15.1. The van der Waals surface area contributed by atoms with E-state index in [1.54, 1.807) is 0 Å². The summed E-state index contributed by atoms with van der Waals surface area (Å²) in [6.07, 6.45) is 2.29. The van der Waals surface area contributed by atoms with E-state index < -0.39 is 35.9 Å². The molecule has 0 bridgehead atoms. The molecule has 8 nitrogen and oxygen atoms in total. The summed E-state index contributed by atoms with van der Waals surface area (Å²) in [5, 5.41) is 15.1. The van der Waals surface area contributed by atoms with Gasteiger partial charge in [0.15, 0.2) is 11.6 Å². The molecule has 0 aliphatic carbocycles. The van der Waals surface area contributed by atoms with E-state index in [0.29, 0.717) is 6.42 Å². The van der Waals surface area contributed by atoms with Crippen molar-refractivity contribution in [3.63, 3.8) is 0 Å². The molecule has 2 amide bonds. The first-order valence-electron chi connectivity index (χ1n) is 11.3. The number of hydrogen-bond acceptors (Lipinski definition) is 5. The highest BCUT2D eigenvalue weighted by atomic mass is 19.1. The topological polar surface area (TPSA) is 104 Å². The standard InChI is InChI=1S/C24H28F2N4O4/c1-34-20-7-5-16(11-18(20)25)19(12-21(31)32)29-23(33)30-13-24(26,14-30)9-8-17-6-4-15-3-2-10-27-22(15)28-17/h4-7,11,19H,2-3,8-10,12-14H2,1H3,(H,27,28)(H,29,33)(H,31,32)/t19-/m0/s1. The number of ether oxygens (including phenoxy) is 1. The molecule has 3 heterocycles. The van der Waals surface area contributed by atoms with Crippen LogP contribution in [0.15, 0.2) is 30.3 Å². The van der Waals surface area contributed by atoms with Gasteiger partial charge in [-0.15, -0.1) is 0 Å². The number of aromatic nitrogens is 1. The number of carbonyl (C=O) groups excluding carboxylic acids is 1. The van der Waals surface area contributed by atoms with Crippen molar-refractivity contribution >= 4 is 17.8 Å². The van der Waals surface area contributed by atoms with Crippen LogP contribution in [0.5, 0.6) is 5.75 Å². The molecule has 1 atom stereocenters. The van der Waals surface area contributed by atoms with E-state index in [0.717, 1.165) is 37.0 Å². The van der Waals surface area contributed by atoms with Gasteiger partial charge in [-0.2, -0.15) is 0 Å². The molecular formula is C24H28F2N4O4. The smallest absolute Gasteiger partial charge is 0.318 e. The number of amides is 2. The predicted molar refractivity (Wildman–Crippen MR) is 121 cm³/mol. The van der Waals surface area contributed by atoms with Gasteiger partial charge >= 0.3 is 12.0 Å². The number of pyridine rings is 1. The number of halogens is 2. The summed E-state index contributed by atoms with van der Waals surface area (Å²) < 4.78 is 34.1. The van der Waals surface area contributed by atoms with E-state index in [-0.39, 0.29) is 30.8 Å². The number of likely N-dealkylation sites (tertiary alicyclic amines) is 1. The van der Waals surface area contributed by atoms with E-state index in [4.69, 9.17) is 4.74 Å². The fraction of sp³-hybridized carbons (Fsp3) is 0.458. The lowest BCUT2D eigenvalue weighted by Gasteiger charge is -2.44. The number of benzene rings is 1. The predicted octanol–water partition coefficient (Wildman–Crippen LogP) is 3.47. The Morgan fingerprint density at radius 3 is 2.82 bits per heavy atom. The number of urea groups is 1. The minimum Gasteiger partial charge on any atom is -0.494 e. The second-order valence-corrected chi connectivity index (χ2v) is 8.84. The molecule has 1 aromatic carbocycles. The van der Waals surface area contributed by atoms with Gasteiger partial charge in [0.2, 0.25) is 0 Å². The third-order valence-electron chi connectivity index (χ3n) is 6.27. The summed E-state index contributed by atoms with van der Waals surface area (Å²) >= 11 is 0. The number of carboxylic acid groups (broad SMARTS) is 1. The minimum atomic E-state index is -1.53. The average molecular weight is 475 g/mol. The van der Waals surface area contributed by atoms with Crippen LogP contribution >= 0.6 is 0 Å².